The Morgan fingerprint density at radius 2 is 2.17 bits per heavy atom. The molecule has 1 aromatic heterocycles. The van der Waals surface area contributed by atoms with E-state index in [2.05, 4.69) is 10.3 Å². The average Bonchev–Trinajstić information content (AvgIpc) is 2.34. The fourth-order valence-electron chi connectivity index (χ4n) is 1.79. The first-order valence-corrected chi connectivity index (χ1v) is 7.43. The fourth-order valence-corrected chi connectivity index (χ4v) is 3.31. The second-order valence-electron chi connectivity index (χ2n) is 4.13. The highest BCUT2D eigenvalue weighted by Crippen LogP contribution is 2.23. The lowest BCUT2D eigenvalue weighted by atomic mass is 10.1. The summed E-state index contributed by atoms with van der Waals surface area (Å²) in [5.41, 5.74) is 0.0651. The molecule has 1 aliphatic rings. The minimum absolute atomic E-state index is 0.0651. The van der Waals surface area contributed by atoms with E-state index in [1.54, 1.807) is 0 Å². The van der Waals surface area contributed by atoms with E-state index in [4.69, 9.17) is 16.7 Å². The summed E-state index contributed by atoms with van der Waals surface area (Å²) >= 11 is 5.97. The Bertz CT molecular complexity index is 485. The maximum atomic E-state index is 11.2. The Hall–Kier alpha value is -1.14. The molecule has 18 heavy (non-hydrogen) atoms. The molecule has 0 radical (unpaired) electrons. The zero-order valence-corrected chi connectivity index (χ0v) is 11.1. The van der Waals surface area contributed by atoms with Crippen molar-refractivity contribution in [1.82, 2.24) is 4.98 Å². The maximum absolute atomic E-state index is 11.2. The van der Waals surface area contributed by atoms with E-state index in [1.807, 2.05) is 0 Å². The number of halogens is 1. The average molecular weight is 289 g/mol. The monoisotopic (exact) mass is 288 g/mol. The molecule has 0 saturated carbocycles. The van der Waals surface area contributed by atoms with E-state index in [0.717, 1.165) is 12.8 Å². The highest BCUT2D eigenvalue weighted by Gasteiger charge is 2.19. The molecule has 98 valence electrons. The number of hydrogen-bond acceptors (Lipinski definition) is 4. The van der Waals surface area contributed by atoms with E-state index in [0.29, 0.717) is 22.3 Å². The van der Waals surface area contributed by atoms with Gasteiger partial charge in [0, 0.05) is 34.5 Å². The first kappa shape index (κ1) is 13.3. The van der Waals surface area contributed by atoms with Gasteiger partial charge in [-0.3, -0.25) is 4.21 Å². The molecule has 1 aliphatic heterocycles. The van der Waals surface area contributed by atoms with Crippen molar-refractivity contribution in [3.05, 3.63) is 22.8 Å². The van der Waals surface area contributed by atoms with Gasteiger partial charge < -0.3 is 10.4 Å². The summed E-state index contributed by atoms with van der Waals surface area (Å²) in [6, 6.07) is 1.57. The van der Waals surface area contributed by atoms with E-state index in [1.165, 1.54) is 12.3 Å². The molecular formula is C11H13ClN2O3S. The molecule has 0 bridgehead atoms. The molecule has 7 heteroatoms. The van der Waals surface area contributed by atoms with Crippen LogP contribution in [0.1, 0.15) is 23.2 Å². The lowest BCUT2D eigenvalue weighted by Gasteiger charge is -2.23. The van der Waals surface area contributed by atoms with Crippen molar-refractivity contribution in [1.29, 1.82) is 0 Å². The van der Waals surface area contributed by atoms with Gasteiger partial charge in [0.2, 0.25) is 0 Å². The largest absolute Gasteiger partial charge is 0.478 e. The van der Waals surface area contributed by atoms with E-state index >= 15 is 0 Å². The molecule has 0 amide bonds. The normalized spacial score (nSPS) is 23.6. The number of hydrogen-bond donors (Lipinski definition) is 2. The van der Waals surface area contributed by atoms with Gasteiger partial charge in [-0.1, -0.05) is 11.6 Å². The molecule has 1 aromatic rings. The second kappa shape index (κ2) is 5.67. The van der Waals surface area contributed by atoms with Gasteiger partial charge in [-0.05, 0) is 18.9 Å². The van der Waals surface area contributed by atoms with Gasteiger partial charge in [0.1, 0.15) is 5.82 Å². The van der Waals surface area contributed by atoms with Gasteiger partial charge in [-0.15, -0.1) is 0 Å². The summed E-state index contributed by atoms with van der Waals surface area (Å²) in [4.78, 5) is 14.8. The first-order chi connectivity index (χ1) is 8.56. The summed E-state index contributed by atoms with van der Waals surface area (Å²) in [6.07, 6.45) is 2.90. The van der Waals surface area contributed by atoms with Gasteiger partial charge in [-0.25, -0.2) is 9.78 Å². The number of aromatic carboxylic acids is 1. The smallest absolute Gasteiger partial charge is 0.337 e. The van der Waals surface area contributed by atoms with Crippen molar-refractivity contribution in [3.63, 3.8) is 0 Å². The lowest BCUT2D eigenvalue weighted by Crippen LogP contribution is -2.29. The molecule has 1 saturated heterocycles. The number of nitrogens with one attached hydrogen (secondary N) is 1. The maximum Gasteiger partial charge on any atom is 0.337 e. The van der Waals surface area contributed by atoms with Crippen LogP contribution in [-0.4, -0.2) is 37.8 Å². The van der Waals surface area contributed by atoms with Crippen LogP contribution in [0, 0.1) is 0 Å². The second-order valence-corrected chi connectivity index (χ2v) is 6.23. The van der Waals surface area contributed by atoms with Gasteiger partial charge in [0.05, 0.1) is 10.6 Å². The Kier molecular flexibility index (Phi) is 4.19. The molecule has 0 aliphatic carbocycles. The fraction of sp³-hybridized carbons (Fsp3) is 0.455. The molecule has 2 heterocycles. The van der Waals surface area contributed by atoms with Crippen LogP contribution in [0.5, 0.6) is 0 Å². The number of anilines is 1. The summed E-state index contributed by atoms with van der Waals surface area (Å²) in [7, 11) is -0.705. The summed E-state index contributed by atoms with van der Waals surface area (Å²) in [5, 5.41) is 12.3. The highest BCUT2D eigenvalue weighted by atomic mass is 35.5. The van der Waals surface area contributed by atoms with Crippen molar-refractivity contribution in [3.8, 4) is 0 Å². The third-order valence-electron chi connectivity index (χ3n) is 2.82. The molecule has 5 nitrogen and oxygen atoms in total. The minimum atomic E-state index is -1.05. The van der Waals surface area contributed by atoms with Crippen molar-refractivity contribution >= 4 is 34.2 Å². The van der Waals surface area contributed by atoms with E-state index in [-0.39, 0.29) is 11.6 Å². The van der Waals surface area contributed by atoms with Crippen LogP contribution in [0.25, 0.3) is 0 Å². The van der Waals surface area contributed by atoms with Gasteiger partial charge >= 0.3 is 5.97 Å². The lowest BCUT2D eigenvalue weighted by molar-refractivity contribution is 0.0696. The van der Waals surface area contributed by atoms with E-state index in [9.17, 15) is 9.00 Å². The van der Waals surface area contributed by atoms with Crippen molar-refractivity contribution in [2.24, 2.45) is 0 Å². The minimum Gasteiger partial charge on any atom is -0.478 e. The number of carboxylic acids is 1. The van der Waals surface area contributed by atoms with Crippen LogP contribution in [-0.2, 0) is 10.8 Å². The van der Waals surface area contributed by atoms with Crippen LogP contribution in [0.3, 0.4) is 0 Å². The van der Waals surface area contributed by atoms with Gasteiger partial charge in [-0.2, -0.15) is 0 Å². The Labute approximate surface area is 112 Å². The molecule has 1 fully saturated rings. The zero-order valence-electron chi connectivity index (χ0n) is 9.56. The summed E-state index contributed by atoms with van der Waals surface area (Å²) < 4.78 is 11.2. The van der Waals surface area contributed by atoms with E-state index < -0.39 is 16.8 Å². The Morgan fingerprint density at radius 1 is 1.50 bits per heavy atom. The number of pyridine rings is 1. The van der Waals surface area contributed by atoms with Crippen LogP contribution < -0.4 is 5.32 Å². The van der Waals surface area contributed by atoms with Gasteiger partial charge in [0.25, 0.3) is 0 Å². The Balaban J connectivity index is 2.05. The van der Waals surface area contributed by atoms with Crippen LogP contribution in [0.15, 0.2) is 12.3 Å². The molecule has 0 unspecified atom stereocenters. The number of carbonyl (C=O) groups is 1. The zero-order chi connectivity index (χ0) is 13.1. The third-order valence-corrected chi connectivity index (χ3v) is 4.49. The molecule has 2 rings (SSSR count). The van der Waals surface area contributed by atoms with Crippen molar-refractivity contribution < 1.29 is 14.1 Å². The van der Waals surface area contributed by atoms with Crippen LogP contribution >= 0.6 is 11.6 Å². The molecular weight excluding hydrogens is 276 g/mol. The first-order valence-electron chi connectivity index (χ1n) is 5.56. The quantitative estimate of drug-likeness (QED) is 0.886. The van der Waals surface area contributed by atoms with Crippen LogP contribution in [0.2, 0.25) is 5.02 Å². The van der Waals surface area contributed by atoms with Gasteiger partial charge in [0.15, 0.2) is 0 Å². The topological polar surface area (TPSA) is 79.3 Å². The van der Waals surface area contributed by atoms with Crippen molar-refractivity contribution in [2.45, 2.75) is 18.9 Å². The predicted molar refractivity (Wildman–Crippen MR) is 70.7 cm³/mol. The Morgan fingerprint density at radius 3 is 2.72 bits per heavy atom. The molecule has 0 spiro atoms. The summed E-state index contributed by atoms with van der Waals surface area (Å²) in [5.74, 6) is 0.800. The van der Waals surface area contributed by atoms with Crippen LogP contribution in [0.4, 0.5) is 5.82 Å². The van der Waals surface area contributed by atoms with Crippen molar-refractivity contribution in [2.75, 3.05) is 16.8 Å². The highest BCUT2D eigenvalue weighted by molar-refractivity contribution is 7.85. The third kappa shape index (κ3) is 3.20. The predicted octanol–water partition coefficient (Wildman–Crippen LogP) is 1.76. The number of nitrogens with zero attached hydrogens (tertiary/aromatic N) is 1. The standard InChI is InChI=1S/C11H13ClN2O3S/c12-9-5-7(11(15)16)6-13-10(9)14-8-1-3-18(17)4-2-8/h5-6,8H,1-4H2,(H,13,14)(H,15,16). The molecule has 0 aromatic carbocycles. The SMILES string of the molecule is O=C(O)c1cnc(NC2CCS(=O)CC2)c(Cl)c1. The summed E-state index contributed by atoms with van der Waals surface area (Å²) in [6.45, 7) is 0. The number of rotatable bonds is 3. The number of carboxylic acid groups (broad SMARTS) is 1. The molecule has 2 N–H and O–H groups in total. The molecule has 0 atom stereocenters. The number of aromatic nitrogens is 1.